The van der Waals surface area contributed by atoms with Crippen LogP contribution < -0.4 is 5.32 Å². The van der Waals surface area contributed by atoms with Crippen molar-refractivity contribution in [1.82, 2.24) is 10.2 Å². The number of rotatable bonds is 3. The maximum atomic E-state index is 12.5. The van der Waals surface area contributed by atoms with Gasteiger partial charge in [0.05, 0.1) is 0 Å². The highest BCUT2D eigenvalue weighted by molar-refractivity contribution is 5.94. The number of nitrogens with one attached hydrogen (secondary N) is 1. The maximum absolute atomic E-state index is 12.5. The van der Waals surface area contributed by atoms with E-state index in [1.807, 2.05) is 48.2 Å². The Morgan fingerprint density at radius 2 is 1.74 bits per heavy atom. The first kappa shape index (κ1) is 15.6. The molecule has 120 valence electrons. The minimum absolute atomic E-state index is 0.0954. The van der Waals surface area contributed by atoms with Gasteiger partial charge in [0.2, 0.25) is 0 Å². The number of carbonyl (C=O) groups is 1. The largest absolute Gasteiger partial charge is 0.508 e. The van der Waals surface area contributed by atoms with E-state index in [-0.39, 0.29) is 5.91 Å². The quantitative estimate of drug-likeness (QED) is 0.916. The van der Waals surface area contributed by atoms with Crippen LogP contribution in [-0.4, -0.2) is 42.1 Å². The minimum atomic E-state index is 0.0954. The molecule has 0 aromatic heterocycles. The van der Waals surface area contributed by atoms with Gasteiger partial charge in [-0.3, -0.25) is 4.79 Å². The topological polar surface area (TPSA) is 52.6 Å². The van der Waals surface area contributed by atoms with E-state index in [1.165, 1.54) is 0 Å². The smallest absolute Gasteiger partial charge is 0.253 e. The van der Waals surface area contributed by atoms with E-state index >= 15 is 0 Å². The molecule has 4 nitrogen and oxygen atoms in total. The number of carbonyl (C=O) groups excluding carboxylic acids is 1. The average molecular weight is 310 g/mol. The number of aryl methyl sites for hydroxylation is 1. The Morgan fingerprint density at radius 3 is 2.39 bits per heavy atom. The molecule has 1 amide bonds. The molecule has 23 heavy (non-hydrogen) atoms. The third-order valence-electron chi connectivity index (χ3n) is 4.33. The van der Waals surface area contributed by atoms with Crippen LogP contribution in [0.4, 0.5) is 0 Å². The molecule has 0 bridgehead atoms. The first-order valence-corrected chi connectivity index (χ1v) is 8.11. The second kappa shape index (κ2) is 6.84. The van der Waals surface area contributed by atoms with Gasteiger partial charge in [-0.15, -0.1) is 0 Å². The molecule has 1 aliphatic heterocycles. The monoisotopic (exact) mass is 310 g/mol. The van der Waals surface area contributed by atoms with E-state index in [2.05, 4.69) is 5.32 Å². The fourth-order valence-corrected chi connectivity index (χ4v) is 2.90. The Morgan fingerprint density at radius 1 is 1.09 bits per heavy atom. The fourth-order valence-electron chi connectivity index (χ4n) is 2.90. The lowest BCUT2D eigenvalue weighted by molar-refractivity contribution is 0.0736. The number of phenols is 1. The van der Waals surface area contributed by atoms with Gasteiger partial charge in [-0.05, 0) is 47.4 Å². The van der Waals surface area contributed by atoms with Crippen LogP contribution >= 0.6 is 0 Å². The van der Waals surface area contributed by atoms with Crippen molar-refractivity contribution in [3.63, 3.8) is 0 Å². The zero-order chi connectivity index (χ0) is 16.2. The number of benzene rings is 2. The van der Waals surface area contributed by atoms with E-state index in [9.17, 15) is 9.90 Å². The van der Waals surface area contributed by atoms with Crippen molar-refractivity contribution in [2.45, 2.75) is 13.3 Å². The third kappa shape index (κ3) is 3.37. The van der Waals surface area contributed by atoms with Crippen LogP contribution in [0.2, 0.25) is 0 Å². The van der Waals surface area contributed by atoms with Gasteiger partial charge in [0.25, 0.3) is 5.91 Å². The molecule has 0 aliphatic carbocycles. The fraction of sp³-hybridized carbons (Fsp3) is 0.316. The Hall–Kier alpha value is -2.33. The van der Waals surface area contributed by atoms with Crippen LogP contribution in [0.15, 0.2) is 42.5 Å². The van der Waals surface area contributed by atoms with Gasteiger partial charge in [-0.2, -0.15) is 0 Å². The van der Waals surface area contributed by atoms with Crippen molar-refractivity contribution in [3.8, 4) is 16.9 Å². The van der Waals surface area contributed by atoms with Crippen molar-refractivity contribution < 1.29 is 9.90 Å². The minimum Gasteiger partial charge on any atom is -0.508 e. The summed E-state index contributed by atoms with van der Waals surface area (Å²) in [6, 6.07) is 13.4. The van der Waals surface area contributed by atoms with Gasteiger partial charge in [0.1, 0.15) is 5.75 Å². The second-order valence-electron chi connectivity index (χ2n) is 5.82. The molecule has 1 fully saturated rings. The Labute approximate surface area is 136 Å². The summed E-state index contributed by atoms with van der Waals surface area (Å²) in [5.41, 5.74) is 3.77. The van der Waals surface area contributed by atoms with Crippen molar-refractivity contribution in [1.29, 1.82) is 0 Å². The summed E-state index contributed by atoms with van der Waals surface area (Å²) in [5, 5.41) is 13.0. The summed E-state index contributed by atoms with van der Waals surface area (Å²) in [4.78, 5) is 14.3. The van der Waals surface area contributed by atoms with Gasteiger partial charge >= 0.3 is 0 Å². The number of piperazine rings is 1. The van der Waals surface area contributed by atoms with Gasteiger partial charge < -0.3 is 15.3 Å². The summed E-state index contributed by atoms with van der Waals surface area (Å²) >= 11 is 0. The van der Waals surface area contributed by atoms with Gasteiger partial charge in [0, 0.05) is 31.7 Å². The summed E-state index contributed by atoms with van der Waals surface area (Å²) in [7, 11) is 0. The highest BCUT2D eigenvalue weighted by Gasteiger charge is 2.17. The molecule has 2 aromatic carbocycles. The second-order valence-corrected chi connectivity index (χ2v) is 5.82. The summed E-state index contributed by atoms with van der Waals surface area (Å²) in [5.74, 6) is 0.430. The zero-order valence-corrected chi connectivity index (χ0v) is 13.4. The highest BCUT2D eigenvalue weighted by atomic mass is 16.3. The van der Waals surface area contributed by atoms with Gasteiger partial charge in [-0.1, -0.05) is 25.1 Å². The van der Waals surface area contributed by atoms with Gasteiger partial charge in [-0.25, -0.2) is 0 Å². The Bertz CT molecular complexity index is 689. The predicted octanol–water partition coefficient (Wildman–Crippen LogP) is 2.67. The molecule has 1 saturated heterocycles. The normalized spacial score (nSPS) is 14.7. The van der Waals surface area contributed by atoms with Crippen LogP contribution in [0.5, 0.6) is 5.75 Å². The van der Waals surface area contributed by atoms with E-state index in [4.69, 9.17) is 0 Å². The SMILES string of the molecule is CCc1cc(-c2ccc(C(=O)N3CCNCC3)cc2)ccc1O. The van der Waals surface area contributed by atoms with E-state index < -0.39 is 0 Å². The standard InChI is InChI=1S/C19H22N2O2/c1-2-14-13-17(7-8-18(14)22)15-3-5-16(6-4-15)19(23)21-11-9-20-10-12-21/h3-8,13,20,22H,2,9-12H2,1H3. The van der Waals surface area contributed by atoms with Gasteiger partial charge in [0.15, 0.2) is 0 Å². The molecule has 1 heterocycles. The van der Waals surface area contributed by atoms with Crippen LogP contribution in [0.1, 0.15) is 22.8 Å². The van der Waals surface area contributed by atoms with Crippen molar-refractivity contribution >= 4 is 5.91 Å². The number of phenolic OH excluding ortho intramolecular Hbond substituents is 1. The predicted molar refractivity (Wildman–Crippen MR) is 91.7 cm³/mol. The summed E-state index contributed by atoms with van der Waals surface area (Å²) in [6.07, 6.45) is 0.791. The molecule has 0 unspecified atom stereocenters. The van der Waals surface area contributed by atoms with Crippen LogP contribution in [0, 0.1) is 0 Å². The lowest BCUT2D eigenvalue weighted by Gasteiger charge is -2.27. The molecule has 3 rings (SSSR count). The third-order valence-corrected chi connectivity index (χ3v) is 4.33. The molecular formula is C19H22N2O2. The Balaban J connectivity index is 1.80. The molecule has 4 heteroatoms. The average Bonchev–Trinajstić information content (AvgIpc) is 2.62. The zero-order valence-electron chi connectivity index (χ0n) is 13.4. The molecule has 0 atom stereocenters. The maximum Gasteiger partial charge on any atom is 0.253 e. The molecular weight excluding hydrogens is 288 g/mol. The number of hydrogen-bond donors (Lipinski definition) is 2. The summed E-state index contributed by atoms with van der Waals surface area (Å²) in [6.45, 7) is 5.26. The van der Waals surface area contributed by atoms with Crippen LogP contribution in [-0.2, 0) is 6.42 Å². The number of hydrogen-bond acceptors (Lipinski definition) is 3. The van der Waals surface area contributed by atoms with Crippen LogP contribution in [0.25, 0.3) is 11.1 Å². The van der Waals surface area contributed by atoms with Crippen LogP contribution in [0.3, 0.4) is 0 Å². The van der Waals surface area contributed by atoms with E-state index in [0.717, 1.165) is 54.9 Å². The highest BCUT2D eigenvalue weighted by Crippen LogP contribution is 2.26. The van der Waals surface area contributed by atoms with E-state index in [0.29, 0.717) is 5.75 Å². The van der Waals surface area contributed by atoms with E-state index in [1.54, 1.807) is 6.07 Å². The molecule has 0 radical (unpaired) electrons. The molecule has 2 N–H and O–H groups in total. The first-order chi connectivity index (χ1) is 11.2. The Kier molecular flexibility index (Phi) is 4.63. The lowest BCUT2D eigenvalue weighted by Crippen LogP contribution is -2.46. The first-order valence-electron chi connectivity index (χ1n) is 8.11. The molecule has 0 spiro atoms. The van der Waals surface area contributed by atoms with Crippen molar-refractivity contribution in [2.75, 3.05) is 26.2 Å². The van der Waals surface area contributed by atoms with Crippen molar-refractivity contribution in [3.05, 3.63) is 53.6 Å². The molecule has 0 saturated carbocycles. The number of amides is 1. The number of aromatic hydroxyl groups is 1. The summed E-state index contributed by atoms with van der Waals surface area (Å²) < 4.78 is 0. The molecule has 2 aromatic rings. The lowest BCUT2D eigenvalue weighted by atomic mass is 10.00. The molecule has 1 aliphatic rings. The number of nitrogens with zero attached hydrogens (tertiary/aromatic N) is 1. The van der Waals surface area contributed by atoms with Crippen molar-refractivity contribution in [2.24, 2.45) is 0 Å².